The summed E-state index contributed by atoms with van der Waals surface area (Å²) in [5, 5.41) is 2.97. The maximum atomic E-state index is 11.8. The van der Waals surface area contributed by atoms with Crippen molar-refractivity contribution in [1.29, 1.82) is 0 Å². The largest absolute Gasteiger partial charge is 0.354 e. The van der Waals surface area contributed by atoms with Crippen LogP contribution in [0.15, 0.2) is 24.3 Å². The first-order chi connectivity index (χ1) is 8.58. The Kier molecular flexibility index (Phi) is 4.02. The van der Waals surface area contributed by atoms with E-state index < -0.39 is 0 Å². The molecule has 3 N–H and O–H groups in total. The van der Waals surface area contributed by atoms with Gasteiger partial charge in [0.15, 0.2) is 0 Å². The smallest absolute Gasteiger partial charge is 0.236 e. The number of hydrogen-bond acceptors (Lipinski definition) is 2. The van der Waals surface area contributed by atoms with Gasteiger partial charge in [0.1, 0.15) is 0 Å². The average Bonchev–Trinajstić information content (AvgIpc) is 2.29. The van der Waals surface area contributed by atoms with Crippen LogP contribution in [0.25, 0.3) is 0 Å². The molecular weight excluding hydrogens is 224 g/mol. The van der Waals surface area contributed by atoms with Crippen LogP contribution in [0.2, 0.25) is 0 Å². The lowest BCUT2D eigenvalue weighted by Crippen LogP contribution is -2.43. The number of carbonyl (C=O) groups is 1. The van der Waals surface area contributed by atoms with Crippen LogP contribution in [-0.2, 0) is 11.2 Å². The van der Waals surface area contributed by atoms with Gasteiger partial charge in [-0.25, -0.2) is 0 Å². The van der Waals surface area contributed by atoms with Crippen LogP contribution in [0, 0.1) is 5.92 Å². The minimum absolute atomic E-state index is 0.0203. The summed E-state index contributed by atoms with van der Waals surface area (Å²) in [5.74, 6) is 0.902. The molecule has 18 heavy (non-hydrogen) atoms. The first-order valence-corrected chi connectivity index (χ1v) is 6.69. The predicted molar refractivity (Wildman–Crippen MR) is 73.3 cm³/mol. The van der Waals surface area contributed by atoms with E-state index in [1.807, 2.05) is 0 Å². The van der Waals surface area contributed by atoms with Gasteiger partial charge in [-0.3, -0.25) is 4.79 Å². The summed E-state index contributed by atoms with van der Waals surface area (Å²) >= 11 is 0. The minimum atomic E-state index is -0.375. The maximum Gasteiger partial charge on any atom is 0.236 e. The van der Waals surface area contributed by atoms with Crippen LogP contribution in [-0.4, -0.2) is 18.5 Å². The molecular formula is C15H22N2O. The summed E-state index contributed by atoms with van der Waals surface area (Å²) in [4.78, 5) is 11.8. The Morgan fingerprint density at radius 3 is 2.83 bits per heavy atom. The third-order valence-electron chi connectivity index (χ3n) is 3.55. The van der Waals surface area contributed by atoms with Crippen molar-refractivity contribution < 1.29 is 4.79 Å². The van der Waals surface area contributed by atoms with E-state index in [-0.39, 0.29) is 11.9 Å². The minimum Gasteiger partial charge on any atom is -0.354 e. The molecule has 2 atom stereocenters. The summed E-state index contributed by atoms with van der Waals surface area (Å²) < 4.78 is 0. The maximum absolute atomic E-state index is 11.8. The number of carbonyl (C=O) groups excluding carboxylic acids is 1. The first kappa shape index (κ1) is 13.1. The number of rotatable bonds is 5. The van der Waals surface area contributed by atoms with Gasteiger partial charge in [0.2, 0.25) is 5.91 Å². The van der Waals surface area contributed by atoms with E-state index in [2.05, 4.69) is 43.4 Å². The van der Waals surface area contributed by atoms with Crippen molar-refractivity contribution in [2.24, 2.45) is 11.7 Å². The average molecular weight is 246 g/mol. The van der Waals surface area contributed by atoms with E-state index >= 15 is 0 Å². The van der Waals surface area contributed by atoms with Crippen LogP contribution < -0.4 is 11.1 Å². The van der Waals surface area contributed by atoms with Crippen molar-refractivity contribution >= 4 is 5.91 Å². The molecule has 0 spiro atoms. The number of nitrogens with two attached hydrogens (primary N) is 1. The highest BCUT2D eigenvalue weighted by Gasteiger charge is 2.26. The van der Waals surface area contributed by atoms with Crippen molar-refractivity contribution in [1.82, 2.24) is 5.32 Å². The molecule has 0 fully saturated rings. The molecule has 0 saturated carbocycles. The predicted octanol–water partition coefficient (Wildman–Crippen LogP) is 1.82. The zero-order chi connectivity index (χ0) is 13.1. The van der Waals surface area contributed by atoms with Gasteiger partial charge in [0.05, 0.1) is 6.04 Å². The van der Waals surface area contributed by atoms with E-state index in [4.69, 9.17) is 5.73 Å². The lowest BCUT2D eigenvalue weighted by molar-refractivity contribution is -0.122. The molecule has 98 valence electrons. The Hall–Kier alpha value is -1.35. The second kappa shape index (κ2) is 5.53. The van der Waals surface area contributed by atoms with Crippen molar-refractivity contribution in [2.75, 3.05) is 6.54 Å². The SMILES string of the molecule is CC(C)C[C@@H](N)C(=O)NCC1Cc2ccccc21. The highest BCUT2D eigenvalue weighted by molar-refractivity contribution is 5.81. The molecule has 2 rings (SSSR count). The first-order valence-electron chi connectivity index (χ1n) is 6.69. The lowest BCUT2D eigenvalue weighted by Gasteiger charge is -2.30. The fraction of sp³-hybridized carbons (Fsp3) is 0.533. The molecule has 1 aromatic rings. The van der Waals surface area contributed by atoms with Gasteiger partial charge in [0.25, 0.3) is 0 Å². The molecule has 1 aliphatic rings. The number of hydrogen-bond donors (Lipinski definition) is 2. The van der Waals surface area contributed by atoms with Crippen LogP contribution in [0.4, 0.5) is 0 Å². The van der Waals surface area contributed by atoms with Gasteiger partial charge in [0, 0.05) is 12.5 Å². The van der Waals surface area contributed by atoms with Gasteiger partial charge < -0.3 is 11.1 Å². The molecule has 3 heteroatoms. The molecule has 0 aromatic heterocycles. The van der Waals surface area contributed by atoms with Gasteiger partial charge in [-0.15, -0.1) is 0 Å². The van der Waals surface area contributed by atoms with Crippen LogP contribution in [0.5, 0.6) is 0 Å². The number of benzene rings is 1. The standard InChI is InChI=1S/C15H22N2O/c1-10(2)7-14(16)15(18)17-9-12-8-11-5-3-4-6-13(11)12/h3-6,10,12,14H,7-9,16H2,1-2H3,(H,17,18)/t12?,14-/m1/s1. The van der Waals surface area contributed by atoms with Gasteiger partial charge in [-0.2, -0.15) is 0 Å². The quantitative estimate of drug-likeness (QED) is 0.832. The van der Waals surface area contributed by atoms with Gasteiger partial charge in [-0.1, -0.05) is 38.1 Å². The summed E-state index contributed by atoms with van der Waals surface area (Å²) in [6, 6.07) is 8.03. The Morgan fingerprint density at radius 1 is 1.44 bits per heavy atom. The molecule has 1 unspecified atom stereocenters. The van der Waals surface area contributed by atoms with E-state index in [1.54, 1.807) is 0 Å². The summed E-state index contributed by atoms with van der Waals surface area (Å²) in [5.41, 5.74) is 8.62. The Bertz CT molecular complexity index is 428. The summed E-state index contributed by atoms with van der Waals surface area (Å²) in [7, 11) is 0. The Labute approximate surface area is 109 Å². The van der Waals surface area contributed by atoms with Crippen LogP contribution in [0.1, 0.15) is 37.3 Å². The Morgan fingerprint density at radius 2 is 2.17 bits per heavy atom. The highest BCUT2D eigenvalue weighted by atomic mass is 16.2. The molecule has 1 amide bonds. The van der Waals surface area contributed by atoms with Crippen LogP contribution in [0.3, 0.4) is 0 Å². The zero-order valence-electron chi connectivity index (χ0n) is 11.1. The topological polar surface area (TPSA) is 55.1 Å². The van der Waals surface area contributed by atoms with Crippen molar-refractivity contribution in [3.8, 4) is 0 Å². The van der Waals surface area contributed by atoms with E-state index in [1.165, 1.54) is 11.1 Å². The molecule has 0 saturated heterocycles. The van der Waals surface area contributed by atoms with Gasteiger partial charge >= 0.3 is 0 Å². The fourth-order valence-electron chi connectivity index (χ4n) is 2.51. The summed E-state index contributed by atoms with van der Waals surface area (Å²) in [6.07, 6.45) is 1.81. The number of nitrogens with one attached hydrogen (secondary N) is 1. The highest BCUT2D eigenvalue weighted by Crippen LogP contribution is 2.33. The third kappa shape index (κ3) is 2.91. The van der Waals surface area contributed by atoms with Gasteiger partial charge in [-0.05, 0) is 29.9 Å². The molecule has 1 aliphatic carbocycles. The lowest BCUT2D eigenvalue weighted by atomic mass is 9.77. The second-order valence-electron chi connectivity index (χ2n) is 5.58. The van der Waals surface area contributed by atoms with Crippen molar-refractivity contribution in [3.63, 3.8) is 0 Å². The molecule has 0 bridgehead atoms. The molecule has 0 radical (unpaired) electrons. The van der Waals surface area contributed by atoms with E-state index in [0.29, 0.717) is 18.4 Å². The van der Waals surface area contributed by atoms with Crippen LogP contribution >= 0.6 is 0 Å². The monoisotopic (exact) mass is 246 g/mol. The number of fused-ring (bicyclic) bond motifs is 1. The van der Waals surface area contributed by atoms with E-state index in [0.717, 1.165) is 12.8 Å². The zero-order valence-corrected chi connectivity index (χ0v) is 11.1. The molecule has 0 heterocycles. The Balaban J connectivity index is 1.78. The van der Waals surface area contributed by atoms with E-state index in [9.17, 15) is 4.79 Å². The molecule has 0 aliphatic heterocycles. The normalized spacial score (nSPS) is 19.0. The summed E-state index contributed by atoms with van der Waals surface area (Å²) in [6.45, 7) is 4.87. The fourth-order valence-corrected chi connectivity index (χ4v) is 2.51. The third-order valence-corrected chi connectivity index (χ3v) is 3.55. The molecule has 3 nitrogen and oxygen atoms in total. The van der Waals surface area contributed by atoms with Crippen molar-refractivity contribution in [2.45, 2.75) is 38.6 Å². The molecule has 1 aromatic carbocycles. The van der Waals surface area contributed by atoms with Crippen molar-refractivity contribution in [3.05, 3.63) is 35.4 Å². The number of amides is 1. The second-order valence-corrected chi connectivity index (χ2v) is 5.58.